The van der Waals surface area contributed by atoms with Crippen LogP contribution < -0.4 is 0 Å². The smallest absolute Gasteiger partial charge is 0.338 e. The number of carbonyl (C=O) groups excluding carboxylic acids is 2. The maximum Gasteiger partial charge on any atom is 0.338 e. The minimum Gasteiger partial charge on any atom is -0.467 e. The normalized spacial score (nSPS) is 25.3. The molecule has 2 unspecified atom stereocenters. The molecule has 116 valence electrons. The van der Waals surface area contributed by atoms with Crippen LogP contribution in [0.4, 0.5) is 0 Å². The lowest BCUT2D eigenvalue weighted by Gasteiger charge is -2.22. The van der Waals surface area contributed by atoms with Crippen LogP contribution in [0.25, 0.3) is 0 Å². The van der Waals surface area contributed by atoms with Gasteiger partial charge in [-0.3, -0.25) is 4.79 Å². The highest BCUT2D eigenvalue weighted by molar-refractivity contribution is 5.77. The van der Waals surface area contributed by atoms with Gasteiger partial charge in [0, 0.05) is 0 Å². The molecule has 20 heavy (non-hydrogen) atoms. The zero-order valence-corrected chi connectivity index (χ0v) is 13.0. The molecule has 0 aliphatic carbocycles. The molecule has 2 atom stereocenters. The first-order valence-electron chi connectivity index (χ1n) is 6.73. The molecule has 0 amide bonds. The molecule has 1 aliphatic heterocycles. The summed E-state index contributed by atoms with van der Waals surface area (Å²) in [7, 11) is 1.28. The minimum atomic E-state index is -0.907. The molecule has 1 fully saturated rings. The molecule has 0 aromatic heterocycles. The quantitative estimate of drug-likeness (QED) is 0.716. The molecule has 6 heteroatoms. The van der Waals surface area contributed by atoms with Crippen molar-refractivity contribution in [1.29, 1.82) is 0 Å². The Bertz CT molecular complexity index is 374. The van der Waals surface area contributed by atoms with Crippen LogP contribution >= 0.6 is 0 Å². The molecule has 0 aromatic carbocycles. The van der Waals surface area contributed by atoms with Gasteiger partial charge in [0.05, 0.1) is 12.5 Å². The predicted octanol–water partition coefficient (Wildman–Crippen LogP) is 1.66. The maximum atomic E-state index is 11.9. The van der Waals surface area contributed by atoms with Crippen molar-refractivity contribution in [2.75, 3.05) is 13.7 Å². The van der Waals surface area contributed by atoms with Crippen LogP contribution in [0.3, 0.4) is 0 Å². The molecule has 1 aliphatic rings. The molecule has 0 saturated carbocycles. The molecule has 0 bridgehead atoms. The number of esters is 2. The van der Waals surface area contributed by atoms with Crippen molar-refractivity contribution >= 4 is 11.9 Å². The van der Waals surface area contributed by atoms with Crippen LogP contribution in [0.2, 0.25) is 0 Å². The average Bonchev–Trinajstić information content (AvgIpc) is 2.70. The van der Waals surface area contributed by atoms with Crippen molar-refractivity contribution in [3.05, 3.63) is 0 Å². The molecule has 1 heterocycles. The lowest BCUT2D eigenvalue weighted by atomic mass is 9.91. The van der Waals surface area contributed by atoms with Gasteiger partial charge >= 0.3 is 11.9 Å². The van der Waals surface area contributed by atoms with Crippen LogP contribution in [-0.2, 0) is 28.5 Å². The van der Waals surface area contributed by atoms with E-state index < -0.39 is 29.4 Å². The highest BCUT2D eigenvalue weighted by Crippen LogP contribution is 2.30. The van der Waals surface area contributed by atoms with E-state index in [-0.39, 0.29) is 12.6 Å². The van der Waals surface area contributed by atoms with Crippen LogP contribution in [-0.4, -0.2) is 43.7 Å². The molecule has 6 nitrogen and oxygen atoms in total. The van der Waals surface area contributed by atoms with Gasteiger partial charge in [-0.05, 0) is 34.1 Å². The second kappa shape index (κ2) is 6.10. The fraction of sp³-hybridized carbons (Fsp3) is 0.857. The molecule has 0 N–H and O–H groups in total. The Morgan fingerprint density at radius 3 is 2.35 bits per heavy atom. The van der Waals surface area contributed by atoms with Gasteiger partial charge in [0.1, 0.15) is 12.7 Å². The van der Waals surface area contributed by atoms with Gasteiger partial charge in [0.2, 0.25) is 0 Å². The fourth-order valence-electron chi connectivity index (χ4n) is 1.77. The van der Waals surface area contributed by atoms with E-state index in [1.165, 1.54) is 7.11 Å². The zero-order chi connectivity index (χ0) is 15.6. The fourth-order valence-corrected chi connectivity index (χ4v) is 1.77. The summed E-state index contributed by atoms with van der Waals surface area (Å²) in [6.45, 7) is 8.88. The van der Waals surface area contributed by atoms with Gasteiger partial charge in [-0.25, -0.2) is 4.79 Å². The van der Waals surface area contributed by atoms with E-state index in [2.05, 4.69) is 4.74 Å². The van der Waals surface area contributed by atoms with E-state index in [9.17, 15) is 9.59 Å². The molecule has 1 saturated heterocycles. The Kier molecular flexibility index (Phi) is 5.15. The van der Waals surface area contributed by atoms with Crippen molar-refractivity contribution in [3.63, 3.8) is 0 Å². The second-order valence-electron chi connectivity index (χ2n) is 5.95. The number of rotatable bonds is 5. The molecule has 0 aromatic rings. The van der Waals surface area contributed by atoms with E-state index >= 15 is 0 Å². The summed E-state index contributed by atoms with van der Waals surface area (Å²) in [6.07, 6.45) is -0.874. The van der Waals surface area contributed by atoms with Crippen LogP contribution in [0.1, 0.15) is 41.0 Å². The summed E-state index contributed by atoms with van der Waals surface area (Å²) in [5, 5.41) is 0. The van der Waals surface area contributed by atoms with Gasteiger partial charge in [0.15, 0.2) is 11.9 Å². The van der Waals surface area contributed by atoms with Crippen LogP contribution in [0.5, 0.6) is 0 Å². The molecule has 0 spiro atoms. The minimum absolute atomic E-state index is 0.0362. The van der Waals surface area contributed by atoms with Crippen molar-refractivity contribution < 1.29 is 28.5 Å². The molecule has 0 radical (unpaired) electrons. The Balaban J connectivity index is 2.65. The van der Waals surface area contributed by atoms with E-state index in [1.807, 2.05) is 20.8 Å². The van der Waals surface area contributed by atoms with Crippen molar-refractivity contribution in [1.82, 2.24) is 0 Å². The first-order valence-corrected chi connectivity index (χ1v) is 6.73. The predicted molar refractivity (Wildman–Crippen MR) is 70.9 cm³/mol. The summed E-state index contributed by atoms with van der Waals surface area (Å²) in [5.41, 5.74) is -0.560. The van der Waals surface area contributed by atoms with Gasteiger partial charge in [0.25, 0.3) is 0 Å². The lowest BCUT2D eigenvalue weighted by Crippen LogP contribution is -2.37. The third kappa shape index (κ3) is 3.93. The van der Waals surface area contributed by atoms with E-state index in [0.717, 1.165) is 0 Å². The van der Waals surface area contributed by atoms with Crippen molar-refractivity contribution in [2.45, 2.75) is 59.0 Å². The van der Waals surface area contributed by atoms with Crippen molar-refractivity contribution in [3.8, 4) is 0 Å². The first kappa shape index (κ1) is 16.9. The van der Waals surface area contributed by atoms with Crippen LogP contribution in [0.15, 0.2) is 0 Å². The largest absolute Gasteiger partial charge is 0.467 e. The van der Waals surface area contributed by atoms with Gasteiger partial charge in [-0.2, -0.15) is 0 Å². The third-order valence-electron chi connectivity index (χ3n) is 3.43. The first-order chi connectivity index (χ1) is 9.13. The van der Waals surface area contributed by atoms with E-state index in [0.29, 0.717) is 6.42 Å². The van der Waals surface area contributed by atoms with Crippen molar-refractivity contribution in [2.24, 2.45) is 5.41 Å². The number of carbonyl (C=O) groups is 2. The molecular formula is C14H24O6. The standard InChI is InChI=1S/C14H24O6/c1-7-13(2,3)12(16)18-8-9-10(11(15)17-6)20-14(4,5)19-9/h9-10H,7-8H2,1-6H3. The molecular weight excluding hydrogens is 264 g/mol. The number of hydrogen-bond acceptors (Lipinski definition) is 6. The number of methoxy groups -OCH3 is 1. The number of hydrogen-bond donors (Lipinski definition) is 0. The Morgan fingerprint density at radius 1 is 1.25 bits per heavy atom. The maximum absolute atomic E-state index is 11.9. The summed E-state index contributed by atoms with van der Waals surface area (Å²) < 4.78 is 21.0. The topological polar surface area (TPSA) is 71.1 Å². The Hall–Kier alpha value is -1.14. The summed E-state index contributed by atoms with van der Waals surface area (Å²) in [5.74, 6) is -1.76. The van der Waals surface area contributed by atoms with Gasteiger partial charge < -0.3 is 18.9 Å². The summed E-state index contributed by atoms with van der Waals surface area (Å²) >= 11 is 0. The van der Waals surface area contributed by atoms with Gasteiger partial charge in [-0.15, -0.1) is 0 Å². The third-order valence-corrected chi connectivity index (χ3v) is 3.43. The van der Waals surface area contributed by atoms with E-state index in [1.54, 1.807) is 13.8 Å². The average molecular weight is 288 g/mol. The van der Waals surface area contributed by atoms with Crippen LogP contribution in [0, 0.1) is 5.41 Å². The Labute approximate surface area is 119 Å². The Morgan fingerprint density at radius 2 is 1.85 bits per heavy atom. The monoisotopic (exact) mass is 288 g/mol. The summed E-state index contributed by atoms with van der Waals surface area (Å²) in [6, 6.07) is 0. The SMILES string of the molecule is CCC(C)(C)C(=O)OCC1OC(C)(C)OC1C(=O)OC. The number of ether oxygens (including phenoxy) is 4. The molecule has 1 rings (SSSR count). The van der Waals surface area contributed by atoms with Gasteiger partial charge in [-0.1, -0.05) is 6.92 Å². The zero-order valence-electron chi connectivity index (χ0n) is 13.0. The highest BCUT2D eigenvalue weighted by atomic mass is 16.8. The highest BCUT2D eigenvalue weighted by Gasteiger charge is 2.46. The van der Waals surface area contributed by atoms with E-state index in [4.69, 9.17) is 14.2 Å². The summed E-state index contributed by atoms with van der Waals surface area (Å²) in [4.78, 5) is 23.6. The second-order valence-corrected chi connectivity index (χ2v) is 5.95. The lowest BCUT2D eigenvalue weighted by molar-refractivity contribution is -0.170.